The number of para-hydroxylation sites is 1. The van der Waals surface area contributed by atoms with Crippen LogP contribution in [0.2, 0.25) is 0 Å². The van der Waals surface area contributed by atoms with E-state index in [0.717, 1.165) is 6.92 Å². The Morgan fingerprint density at radius 2 is 1.07 bits per heavy atom. The molecule has 2 aromatic carbocycles. The number of alkyl halides is 6. The molecule has 17 N–H and O–H groups in total. The Morgan fingerprint density at radius 1 is 0.587 bits per heavy atom. The fourth-order valence-electron chi connectivity index (χ4n) is 9.07. The number of halogens is 6. The number of aliphatic imine (C=N–C) groups is 1. The SMILES string of the molecule is CCNC(=O)[C@@H](NC(=O)[C@H](CS)NC(=O)[C@@H](NC(=O)[C@H](CCCCN)NC(=O)[C@@H](Cc1c[nH]c2ccccc12)NC(=O)[C@H](Cc1ccccc1)NC(=O)[C@H](CS)NC(=O)CNC(=O)[C@@H](CCCCN=C(N)N(CC(F)(F)F)CC(F)(F)F)NC(C)=O)[C@@H](C)O)[C@@H](C)O. The predicted molar refractivity (Wildman–Crippen MR) is 333 cm³/mol. The van der Waals surface area contributed by atoms with Crippen molar-refractivity contribution in [3.05, 3.63) is 71.9 Å². The number of aliphatic hydroxyl groups is 2. The van der Waals surface area contributed by atoms with E-state index in [1.54, 1.807) is 67.7 Å². The Morgan fingerprint density at radius 3 is 1.61 bits per heavy atom. The van der Waals surface area contributed by atoms with Crippen LogP contribution in [-0.4, -0.2) is 209 Å². The van der Waals surface area contributed by atoms with Crippen LogP contribution in [0.5, 0.6) is 0 Å². The lowest BCUT2D eigenvalue weighted by atomic mass is 10.0. The van der Waals surface area contributed by atoms with E-state index >= 15 is 0 Å². The zero-order valence-electron chi connectivity index (χ0n) is 51.0. The zero-order chi connectivity index (χ0) is 68.9. The molecular formula is C57H83F6N15O12S2. The number of guanidine groups is 1. The Hall–Kier alpha value is -7.89. The Kier molecular flexibility index (Phi) is 33.1. The third kappa shape index (κ3) is 27.9. The molecule has 10 atom stereocenters. The Labute approximate surface area is 537 Å². The molecule has 1 heterocycles. The van der Waals surface area contributed by atoms with Crippen LogP contribution in [0.25, 0.3) is 10.9 Å². The van der Waals surface area contributed by atoms with Crippen molar-refractivity contribution in [3.63, 3.8) is 0 Å². The molecule has 10 amide bonds. The fraction of sp³-hybridized carbons (Fsp3) is 0.561. The molecule has 0 radical (unpaired) electrons. The van der Waals surface area contributed by atoms with Gasteiger partial charge in [-0.1, -0.05) is 48.5 Å². The quantitative estimate of drug-likeness (QED) is 0.0105. The fourth-order valence-corrected chi connectivity index (χ4v) is 9.59. The number of rotatable bonds is 38. The molecule has 0 spiro atoms. The number of nitrogens with zero attached hydrogens (tertiary/aromatic N) is 2. The molecule has 512 valence electrons. The van der Waals surface area contributed by atoms with Gasteiger partial charge in [-0.05, 0) is 83.0 Å². The molecule has 0 aliphatic rings. The summed E-state index contributed by atoms with van der Waals surface area (Å²) < 4.78 is 77.7. The molecule has 35 heteroatoms. The normalized spacial score (nSPS) is 15.1. The molecule has 0 saturated heterocycles. The molecule has 0 bridgehead atoms. The van der Waals surface area contributed by atoms with E-state index in [9.17, 15) is 84.5 Å². The molecule has 0 fully saturated rings. The number of hydrogen-bond acceptors (Lipinski definition) is 16. The van der Waals surface area contributed by atoms with E-state index in [1.165, 1.54) is 13.8 Å². The smallest absolute Gasteiger partial charge is 0.391 e. The van der Waals surface area contributed by atoms with Crippen molar-refractivity contribution in [1.29, 1.82) is 0 Å². The van der Waals surface area contributed by atoms with Crippen molar-refractivity contribution in [2.24, 2.45) is 16.5 Å². The summed E-state index contributed by atoms with van der Waals surface area (Å²) in [6, 6.07) is 3.46. The molecule has 27 nitrogen and oxygen atoms in total. The molecular weight excluding hydrogens is 1260 g/mol. The Balaban J connectivity index is 1.86. The number of hydrogen-bond donors (Lipinski definition) is 17. The summed E-state index contributed by atoms with van der Waals surface area (Å²) in [5.74, 6) is -10.7. The van der Waals surface area contributed by atoms with Gasteiger partial charge in [-0.2, -0.15) is 51.6 Å². The second-order valence-corrected chi connectivity index (χ2v) is 22.1. The van der Waals surface area contributed by atoms with E-state index in [1.807, 2.05) is 0 Å². The van der Waals surface area contributed by atoms with Gasteiger partial charge in [0.25, 0.3) is 0 Å². The number of H-pyrrole nitrogens is 1. The monoisotopic (exact) mass is 1350 g/mol. The van der Waals surface area contributed by atoms with Crippen LogP contribution in [0.15, 0.2) is 65.8 Å². The third-order valence-corrected chi connectivity index (χ3v) is 14.4. The highest BCUT2D eigenvalue weighted by molar-refractivity contribution is 7.80. The predicted octanol–water partition coefficient (Wildman–Crippen LogP) is -1.23. The first-order valence-electron chi connectivity index (χ1n) is 29.3. The first kappa shape index (κ1) is 78.4. The Bertz CT molecular complexity index is 2950. The summed E-state index contributed by atoms with van der Waals surface area (Å²) in [6.07, 6.45) is -11.4. The van der Waals surface area contributed by atoms with Crippen LogP contribution in [-0.2, 0) is 60.8 Å². The van der Waals surface area contributed by atoms with E-state index in [2.05, 4.69) is 88.4 Å². The largest absolute Gasteiger partial charge is 0.406 e. The van der Waals surface area contributed by atoms with Gasteiger partial charge in [-0.25, -0.2) is 0 Å². The van der Waals surface area contributed by atoms with E-state index in [0.29, 0.717) is 28.5 Å². The number of unbranched alkanes of at least 4 members (excludes halogenated alkanes) is 2. The second kappa shape index (κ2) is 38.8. The molecule has 0 unspecified atom stereocenters. The number of likely N-dealkylation sites (N-methyl/N-ethyl adjacent to an activating group) is 1. The van der Waals surface area contributed by atoms with Gasteiger partial charge in [0.05, 0.1) is 18.8 Å². The van der Waals surface area contributed by atoms with Gasteiger partial charge in [0.2, 0.25) is 59.1 Å². The lowest BCUT2D eigenvalue weighted by molar-refractivity contribution is -0.168. The van der Waals surface area contributed by atoms with Crippen LogP contribution in [0.3, 0.4) is 0 Å². The number of aliphatic hydroxyl groups excluding tert-OH is 2. The average molecular weight is 1350 g/mol. The van der Waals surface area contributed by atoms with Crippen molar-refractivity contribution in [1.82, 2.24) is 63.1 Å². The number of carbonyl (C=O) groups is 10. The summed E-state index contributed by atoms with van der Waals surface area (Å²) in [5, 5.41) is 46.5. The van der Waals surface area contributed by atoms with Crippen LogP contribution < -0.4 is 64.6 Å². The molecule has 1 aromatic heterocycles. The van der Waals surface area contributed by atoms with E-state index in [-0.39, 0.29) is 81.0 Å². The number of aromatic nitrogens is 1. The van der Waals surface area contributed by atoms with Gasteiger partial charge >= 0.3 is 12.4 Å². The second-order valence-electron chi connectivity index (χ2n) is 21.4. The number of thiol groups is 2. The van der Waals surface area contributed by atoms with Gasteiger partial charge in [-0.3, -0.25) is 52.9 Å². The number of benzene rings is 2. The number of nitrogens with one attached hydrogen (secondary N) is 11. The van der Waals surface area contributed by atoms with Gasteiger partial charge in [0.1, 0.15) is 61.4 Å². The standard InChI is InChI=1S/C57H83F6N15O12S2/c1-5-66-53(89)45(31(2)79)76-52(88)43(28-92)75-54(90)46(32(3)80)77-48(84)39(19-11-13-21-64)72-50(86)41(24-35-25-68-37-18-10-9-17-36(35)37)74-49(85)40(23-34-15-7-6-8-16-34)73-51(87)42(27-91)71-44(82)26-69-47(83)38(70-33(4)81)20-12-14-22-67-55(65)78(29-56(58,59)60)30-57(61,62)63/h6-10,15-18,25,31-32,38-43,45-46,68,79-80,91-92H,5,11-14,19-24,26-30,64H2,1-4H3,(H2,65,67)(H,66,89)(H,69,83)(H,70,81)(H,71,82)(H,72,86)(H,73,87)(H,74,85)(H,75,90)(H,76,88)(H,77,84)/t31-,32-,38-,39+,40+,41-,42+,43+,45+,46+/m1/s1. The highest BCUT2D eigenvalue weighted by Gasteiger charge is 2.40. The van der Waals surface area contributed by atoms with Crippen molar-refractivity contribution < 1.29 is 84.5 Å². The van der Waals surface area contributed by atoms with Crippen molar-refractivity contribution >= 4 is 101 Å². The summed E-state index contributed by atoms with van der Waals surface area (Å²) in [6.45, 7) is 0.346. The van der Waals surface area contributed by atoms with E-state index < -0.39 is 158 Å². The summed E-state index contributed by atoms with van der Waals surface area (Å²) in [5.41, 5.74) is 13.0. The topological polar surface area (TPSA) is 415 Å². The third-order valence-electron chi connectivity index (χ3n) is 13.7. The molecule has 0 aliphatic carbocycles. The van der Waals surface area contributed by atoms with Crippen molar-refractivity contribution in [3.8, 4) is 0 Å². The number of aromatic amines is 1. The zero-order valence-corrected chi connectivity index (χ0v) is 52.8. The summed E-state index contributed by atoms with van der Waals surface area (Å²) in [4.78, 5) is 143. The van der Waals surface area contributed by atoms with Gasteiger partial charge in [-0.15, -0.1) is 0 Å². The molecule has 92 heavy (non-hydrogen) atoms. The first-order chi connectivity index (χ1) is 43.3. The van der Waals surface area contributed by atoms with E-state index in [4.69, 9.17) is 11.5 Å². The molecule has 0 saturated carbocycles. The average Bonchev–Trinajstić information content (AvgIpc) is 1.66. The van der Waals surface area contributed by atoms with Gasteiger partial charge in [0.15, 0.2) is 5.96 Å². The van der Waals surface area contributed by atoms with Crippen LogP contribution in [0, 0.1) is 0 Å². The maximum Gasteiger partial charge on any atom is 0.406 e. The maximum absolute atomic E-state index is 14.8. The number of amides is 10. The molecule has 3 rings (SSSR count). The minimum Gasteiger partial charge on any atom is -0.391 e. The van der Waals surface area contributed by atoms with Gasteiger partial charge in [0, 0.05) is 61.5 Å². The first-order valence-corrected chi connectivity index (χ1v) is 30.6. The maximum atomic E-state index is 14.8. The van der Waals surface area contributed by atoms with Crippen LogP contribution in [0.4, 0.5) is 26.3 Å². The minimum absolute atomic E-state index is 0.0110. The minimum atomic E-state index is -5.03. The van der Waals surface area contributed by atoms with Gasteiger partial charge < -0.3 is 84.7 Å². The summed E-state index contributed by atoms with van der Waals surface area (Å²) >= 11 is 8.39. The van der Waals surface area contributed by atoms with Crippen molar-refractivity contribution in [2.45, 2.75) is 152 Å². The highest BCUT2D eigenvalue weighted by atomic mass is 32.1. The number of nitrogens with two attached hydrogens (primary N) is 2. The van der Waals surface area contributed by atoms with Crippen LogP contribution >= 0.6 is 25.3 Å². The van der Waals surface area contributed by atoms with Crippen LogP contribution in [0.1, 0.15) is 77.3 Å². The van der Waals surface area contributed by atoms with Crippen molar-refractivity contribution in [2.75, 3.05) is 50.8 Å². The molecule has 0 aliphatic heterocycles. The lowest BCUT2D eigenvalue weighted by Crippen LogP contribution is -2.62. The number of carbonyl (C=O) groups excluding carboxylic acids is 10. The number of fused-ring (bicyclic) bond motifs is 1. The summed E-state index contributed by atoms with van der Waals surface area (Å²) in [7, 11) is 0. The lowest BCUT2D eigenvalue weighted by Gasteiger charge is -2.28. The highest BCUT2D eigenvalue weighted by Crippen LogP contribution is 2.23. The molecule has 3 aromatic rings.